The Bertz CT molecular complexity index is 1310. The van der Waals surface area contributed by atoms with Crippen LogP contribution in [0.4, 0.5) is 11.5 Å². The molecule has 0 spiro atoms. The van der Waals surface area contributed by atoms with Crippen LogP contribution in [-0.2, 0) is 4.43 Å². The van der Waals surface area contributed by atoms with E-state index < -0.39 is 8.32 Å². The molecule has 0 N–H and O–H groups in total. The number of nitrogens with zero attached hydrogens (tertiary/aromatic N) is 5. The lowest BCUT2D eigenvalue weighted by molar-refractivity contribution is 0.191. The molecule has 2 heterocycles. The topological polar surface area (TPSA) is 53.8 Å². The van der Waals surface area contributed by atoms with E-state index in [4.69, 9.17) is 16.0 Å². The Labute approximate surface area is 226 Å². The van der Waals surface area contributed by atoms with Gasteiger partial charge in [-0.15, -0.1) is 0 Å². The van der Waals surface area contributed by atoms with Crippen LogP contribution >= 0.6 is 11.6 Å². The Morgan fingerprint density at radius 1 is 1.03 bits per heavy atom. The predicted octanol–water partition coefficient (Wildman–Crippen LogP) is 5.25. The molecule has 1 fully saturated rings. The van der Waals surface area contributed by atoms with Crippen LogP contribution in [0.2, 0.25) is 23.2 Å². The Balaban J connectivity index is 1.50. The Morgan fingerprint density at radius 2 is 1.70 bits per heavy atom. The quantitative estimate of drug-likeness (QED) is 0.381. The average Bonchev–Trinajstić information content (AvgIpc) is 2.83. The minimum absolute atomic E-state index is 0.234. The Hall–Kier alpha value is -2.39. The van der Waals surface area contributed by atoms with Gasteiger partial charge in [-0.25, -0.2) is 4.79 Å². The van der Waals surface area contributed by atoms with E-state index in [9.17, 15) is 4.79 Å². The van der Waals surface area contributed by atoms with Gasteiger partial charge in [0.1, 0.15) is 5.82 Å². The summed E-state index contributed by atoms with van der Waals surface area (Å²) in [7, 11) is 2.06. The minimum Gasteiger partial charge on any atom is -0.416 e. The second-order valence-corrected chi connectivity index (χ2v) is 16.8. The third kappa shape index (κ3) is 6.03. The summed E-state index contributed by atoms with van der Waals surface area (Å²) in [6, 6.07) is 13.7. The van der Waals surface area contributed by atoms with E-state index in [1.807, 2.05) is 49.3 Å². The zero-order chi connectivity index (χ0) is 27.0. The summed E-state index contributed by atoms with van der Waals surface area (Å²) in [5.74, 6) is 0.637. The van der Waals surface area contributed by atoms with Crippen LogP contribution in [-0.4, -0.2) is 76.2 Å². The van der Waals surface area contributed by atoms with Crippen molar-refractivity contribution in [3.63, 3.8) is 0 Å². The molecule has 0 bridgehead atoms. The highest BCUT2D eigenvalue weighted by Gasteiger charge is 2.37. The van der Waals surface area contributed by atoms with Gasteiger partial charge in [0, 0.05) is 69.5 Å². The molecule has 0 aliphatic carbocycles. The SMILES string of the molecule is CN(C)c1nc(=O)n(-c2cccc(N3CCN(CCO[Si](C)(C)C(C)(C)C)CC3)c2)c2cc(Cl)ccc12. The summed E-state index contributed by atoms with van der Waals surface area (Å²) in [6.07, 6.45) is 0. The van der Waals surface area contributed by atoms with Crippen molar-refractivity contribution in [2.45, 2.75) is 38.9 Å². The highest BCUT2D eigenvalue weighted by molar-refractivity contribution is 6.74. The zero-order valence-electron chi connectivity index (χ0n) is 23.2. The second-order valence-electron chi connectivity index (χ2n) is 11.6. The van der Waals surface area contributed by atoms with Gasteiger partial charge < -0.3 is 14.2 Å². The van der Waals surface area contributed by atoms with Gasteiger partial charge in [-0.1, -0.05) is 38.4 Å². The van der Waals surface area contributed by atoms with Gasteiger partial charge in [0.2, 0.25) is 0 Å². The van der Waals surface area contributed by atoms with Crippen molar-refractivity contribution < 1.29 is 4.43 Å². The maximum atomic E-state index is 13.2. The summed E-state index contributed by atoms with van der Waals surface area (Å²) in [4.78, 5) is 24.3. The second kappa shape index (κ2) is 10.8. The largest absolute Gasteiger partial charge is 0.416 e. The van der Waals surface area contributed by atoms with Crippen molar-refractivity contribution in [3.8, 4) is 5.69 Å². The molecular weight excluding hydrogens is 502 g/mol. The number of piperazine rings is 1. The summed E-state index contributed by atoms with van der Waals surface area (Å²) in [5.41, 5.74) is 2.33. The molecule has 1 aromatic heterocycles. The van der Waals surface area contributed by atoms with Crippen molar-refractivity contribution >= 4 is 42.3 Å². The zero-order valence-corrected chi connectivity index (χ0v) is 25.0. The number of fused-ring (bicyclic) bond motifs is 1. The summed E-state index contributed by atoms with van der Waals surface area (Å²) in [6.45, 7) is 17.1. The molecule has 0 amide bonds. The van der Waals surface area contributed by atoms with Crippen LogP contribution < -0.4 is 15.5 Å². The number of hydrogen-bond acceptors (Lipinski definition) is 6. The van der Waals surface area contributed by atoms with E-state index in [-0.39, 0.29) is 10.7 Å². The normalized spacial score (nSPS) is 15.4. The van der Waals surface area contributed by atoms with Gasteiger partial charge in [0.05, 0.1) is 11.2 Å². The third-order valence-electron chi connectivity index (χ3n) is 7.76. The summed E-state index contributed by atoms with van der Waals surface area (Å²) < 4.78 is 8.04. The van der Waals surface area contributed by atoms with E-state index in [1.165, 1.54) is 0 Å². The van der Waals surface area contributed by atoms with E-state index in [0.29, 0.717) is 10.8 Å². The van der Waals surface area contributed by atoms with Gasteiger partial charge in [-0.05, 0) is 54.5 Å². The fourth-order valence-corrected chi connectivity index (χ4v) is 5.68. The molecule has 0 saturated carbocycles. The van der Waals surface area contributed by atoms with Crippen molar-refractivity contribution in [3.05, 3.63) is 58.0 Å². The van der Waals surface area contributed by atoms with E-state index >= 15 is 0 Å². The molecule has 0 radical (unpaired) electrons. The molecule has 1 aliphatic heterocycles. The lowest BCUT2D eigenvalue weighted by Gasteiger charge is -2.39. The smallest absolute Gasteiger partial charge is 0.354 e. The van der Waals surface area contributed by atoms with E-state index in [0.717, 1.165) is 61.6 Å². The van der Waals surface area contributed by atoms with Crippen molar-refractivity contribution in [1.82, 2.24) is 14.5 Å². The van der Waals surface area contributed by atoms with E-state index in [1.54, 1.807) is 4.57 Å². The Kier molecular flexibility index (Phi) is 8.04. The number of hydrogen-bond donors (Lipinski definition) is 0. The first-order chi connectivity index (χ1) is 17.4. The number of rotatable bonds is 7. The van der Waals surface area contributed by atoms with Crippen LogP contribution in [0, 0.1) is 0 Å². The van der Waals surface area contributed by atoms with E-state index in [2.05, 4.69) is 60.8 Å². The molecular formula is C28H40ClN5O2Si. The third-order valence-corrected chi connectivity index (χ3v) is 12.5. The van der Waals surface area contributed by atoms with Crippen LogP contribution in [0.25, 0.3) is 16.6 Å². The molecule has 0 unspecified atom stereocenters. The molecule has 4 rings (SSSR count). The number of anilines is 2. The highest BCUT2D eigenvalue weighted by atomic mass is 35.5. The first-order valence-electron chi connectivity index (χ1n) is 13.0. The lowest BCUT2D eigenvalue weighted by atomic mass is 10.2. The number of halogens is 1. The molecule has 1 aliphatic rings. The number of aromatic nitrogens is 2. The van der Waals surface area contributed by atoms with Crippen LogP contribution in [0.1, 0.15) is 20.8 Å². The van der Waals surface area contributed by atoms with Crippen molar-refractivity contribution in [2.24, 2.45) is 0 Å². The van der Waals surface area contributed by atoms with Crippen LogP contribution in [0.3, 0.4) is 0 Å². The maximum absolute atomic E-state index is 13.2. The monoisotopic (exact) mass is 541 g/mol. The molecule has 3 aromatic rings. The van der Waals surface area contributed by atoms with Gasteiger partial charge >= 0.3 is 5.69 Å². The van der Waals surface area contributed by atoms with Gasteiger partial charge in [-0.2, -0.15) is 4.98 Å². The molecule has 1 saturated heterocycles. The van der Waals surface area contributed by atoms with Crippen molar-refractivity contribution in [1.29, 1.82) is 0 Å². The molecule has 0 atom stereocenters. The fourth-order valence-electron chi connectivity index (χ4n) is 4.48. The summed E-state index contributed by atoms with van der Waals surface area (Å²) in [5, 5.41) is 1.70. The highest BCUT2D eigenvalue weighted by Crippen LogP contribution is 2.36. The molecule has 2 aromatic carbocycles. The average molecular weight is 542 g/mol. The predicted molar refractivity (Wildman–Crippen MR) is 158 cm³/mol. The standard InChI is InChI=1S/C28H40ClN5O2Si/c1-28(2,3)37(6,7)36-18-17-32-13-15-33(16-14-32)22-9-8-10-23(20-22)34-25-19-21(29)11-12-24(25)26(31(4)5)30-27(34)35/h8-12,19-20H,13-18H2,1-7H3. The van der Waals surface area contributed by atoms with Crippen LogP contribution in [0.15, 0.2) is 47.3 Å². The molecule has 9 heteroatoms. The minimum atomic E-state index is -1.71. The maximum Gasteiger partial charge on any atom is 0.354 e. The number of benzene rings is 2. The molecule has 200 valence electrons. The fraction of sp³-hybridized carbons (Fsp3) is 0.500. The Morgan fingerprint density at radius 3 is 2.35 bits per heavy atom. The molecule has 7 nitrogen and oxygen atoms in total. The first-order valence-corrected chi connectivity index (χ1v) is 16.3. The van der Waals surface area contributed by atoms with Gasteiger partial charge in [0.25, 0.3) is 0 Å². The van der Waals surface area contributed by atoms with Crippen LogP contribution in [0.5, 0.6) is 0 Å². The summed E-state index contributed by atoms with van der Waals surface area (Å²) >= 11 is 6.34. The van der Waals surface area contributed by atoms with Gasteiger partial charge in [-0.3, -0.25) is 9.47 Å². The van der Waals surface area contributed by atoms with Crippen molar-refractivity contribution in [2.75, 3.05) is 63.2 Å². The molecule has 37 heavy (non-hydrogen) atoms. The first kappa shape index (κ1) is 27.6. The lowest BCUT2D eigenvalue weighted by Crippen LogP contribution is -2.48. The van der Waals surface area contributed by atoms with Gasteiger partial charge in [0.15, 0.2) is 8.32 Å².